The minimum absolute atomic E-state index is 0.370. The zero-order chi connectivity index (χ0) is 10.6. The van der Waals surface area contributed by atoms with Crippen molar-refractivity contribution >= 4 is 28.7 Å². The summed E-state index contributed by atoms with van der Waals surface area (Å²) >= 11 is 2.37. The van der Waals surface area contributed by atoms with Gasteiger partial charge in [-0.05, 0) is 19.3 Å². The highest BCUT2D eigenvalue weighted by Gasteiger charge is 2.36. The molecule has 0 aliphatic heterocycles. The Hall–Kier alpha value is -0.440. The third kappa shape index (κ3) is 3.05. The molecule has 1 amide bonds. The molecule has 4 heteroatoms. The van der Waals surface area contributed by atoms with Gasteiger partial charge in [-0.1, -0.05) is 29.0 Å². The molecule has 0 bridgehead atoms. The second-order valence-electron chi connectivity index (χ2n) is 3.79. The molecule has 0 aromatic carbocycles. The van der Waals surface area contributed by atoms with Crippen LogP contribution in [-0.2, 0) is 0 Å². The topological polar surface area (TPSA) is 49.3 Å². The number of alkyl halides is 1. The molecule has 1 aliphatic rings. The number of carboxylic acid groups (broad SMARTS) is 1. The quantitative estimate of drug-likeness (QED) is 0.467. The van der Waals surface area contributed by atoms with Crippen molar-refractivity contribution in [3.8, 4) is 12.3 Å². The fraction of sp³-hybridized carbons (Fsp3) is 0.700. The summed E-state index contributed by atoms with van der Waals surface area (Å²) in [5, 5.41) is 11.4. The normalized spacial score (nSPS) is 31.9. The van der Waals surface area contributed by atoms with E-state index in [0.717, 1.165) is 25.7 Å². The van der Waals surface area contributed by atoms with Crippen molar-refractivity contribution in [2.75, 3.05) is 0 Å². The first-order valence-electron chi connectivity index (χ1n) is 4.67. The Bertz CT molecular complexity index is 261. The van der Waals surface area contributed by atoms with Crippen molar-refractivity contribution in [1.82, 2.24) is 5.32 Å². The standard InChI is InChI=1S/C10H14INO2/c1-2-5-10(12-9(13)14)6-3-4-8(11)7-10/h1,8,12H,3-7H2,(H,13,14). The lowest BCUT2D eigenvalue weighted by Crippen LogP contribution is -2.51. The van der Waals surface area contributed by atoms with Crippen LogP contribution < -0.4 is 5.32 Å². The summed E-state index contributed by atoms with van der Waals surface area (Å²) in [5.41, 5.74) is -0.370. The summed E-state index contributed by atoms with van der Waals surface area (Å²) in [6, 6.07) is 0. The highest BCUT2D eigenvalue weighted by atomic mass is 127. The Balaban J connectivity index is 2.70. The van der Waals surface area contributed by atoms with Gasteiger partial charge in [0.15, 0.2) is 0 Å². The summed E-state index contributed by atoms with van der Waals surface area (Å²) in [7, 11) is 0. The van der Waals surface area contributed by atoms with Crippen molar-refractivity contribution in [2.24, 2.45) is 0 Å². The summed E-state index contributed by atoms with van der Waals surface area (Å²) in [4.78, 5) is 10.7. The number of halogens is 1. The number of terminal acetylenes is 1. The van der Waals surface area contributed by atoms with Gasteiger partial charge in [0.2, 0.25) is 0 Å². The van der Waals surface area contributed by atoms with Crippen molar-refractivity contribution in [1.29, 1.82) is 0 Å². The van der Waals surface area contributed by atoms with E-state index in [-0.39, 0.29) is 5.54 Å². The highest BCUT2D eigenvalue weighted by molar-refractivity contribution is 14.1. The monoisotopic (exact) mass is 307 g/mol. The van der Waals surface area contributed by atoms with Crippen LogP contribution >= 0.6 is 22.6 Å². The van der Waals surface area contributed by atoms with Gasteiger partial charge in [0.25, 0.3) is 0 Å². The van der Waals surface area contributed by atoms with Crippen LogP contribution in [0.15, 0.2) is 0 Å². The maximum atomic E-state index is 10.7. The maximum Gasteiger partial charge on any atom is 0.405 e. The van der Waals surface area contributed by atoms with Gasteiger partial charge in [0.1, 0.15) is 0 Å². The van der Waals surface area contributed by atoms with Crippen molar-refractivity contribution in [3.63, 3.8) is 0 Å². The Labute approximate surface area is 97.8 Å². The highest BCUT2D eigenvalue weighted by Crippen LogP contribution is 2.34. The molecule has 1 saturated carbocycles. The van der Waals surface area contributed by atoms with E-state index in [9.17, 15) is 4.79 Å². The molecule has 2 N–H and O–H groups in total. The maximum absolute atomic E-state index is 10.7. The van der Waals surface area contributed by atoms with Gasteiger partial charge >= 0.3 is 6.09 Å². The number of rotatable bonds is 2. The number of carbonyl (C=O) groups is 1. The molecular formula is C10H14INO2. The predicted molar refractivity (Wildman–Crippen MR) is 63.6 cm³/mol. The fourth-order valence-corrected chi connectivity index (χ4v) is 3.31. The molecule has 0 saturated heterocycles. The summed E-state index contributed by atoms with van der Waals surface area (Å²) in [6.07, 6.45) is 8.74. The van der Waals surface area contributed by atoms with Gasteiger partial charge < -0.3 is 10.4 Å². The molecule has 2 unspecified atom stereocenters. The van der Waals surface area contributed by atoms with Gasteiger partial charge in [-0.2, -0.15) is 0 Å². The lowest BCUT2D eigenvalue weighted by Gasteiger charge is -2.38. The van der Waals surface area contributed by atoms with E-state index >= 15 is 0 Å². The molecule has 0 heterocycles. The van der Waals surface area contributed by atoms with Crippen LogP contribution in [0.25, 0.3) is 0 Å². The van der Waals surface area contributed by atoms with Gasteiger partial charge in [0, 0.05) is 10.3 Å². The minimum Gasteiger partial charge on any atom is -0.465 e. The third-order valence-electron chi connectivity index (χ3n) is 2.60. The van der Waals surface area contributed by atoms with E-state index in [4.69, 9.17) is 11.5 Å². The zero-order valence-corrected chi connectivity index (χ0v) is 10.1. The van der Waals surface area contributed by atoms with E-state index in [1.54, 1.807) is 0 Å². The Morgan fingerprint density at radius 1 is 1.79 bits per heavy atom. The van der Waals surface area contributed by atoms with Crippen molar-refractivity contribution < 1.29 is 9.90 Å². The molecule has 1 fully saturated rings. The van der Waals surface area contributed by atoms with Gasteiger partial charge in [-0.25, -0.2) is 4.79 Å². The first-order valence-corrected chi connectivity index (χ1v) is 5.91. The zero-order valence-electron chi connectivity index (χ0n) is 7.92. The van der Waals surface area contributed by atoms with E-state index in [0.29, 0.717) is 10.3 Å². The average molecular weight is 307 g/mol. The molecule has 2 atom stereocenters. The minimum atomic E-state index is -0.967. The molecule has 1 rings (SSSR count). The molecule has 14 heavy (non-hydrogen) atoms. The van der Waals surface area contributed by atoms with Gasteiger partial charge in [-0.3, -0.25) is 0 Å². The van der Waals surface area contributed by atoms with Crippen LogP contribution in [0.4, 0.5) is 4.79 Å². The molecule has 0 radical (unpaired) electrons. The van der Waals surface area contributed by atoms with Crippen LogP contribution in [0.1, 0.15) is 32.1 Å². The lowest BCUT2D eigenvalue weighted by molar-refractivity contribution is 0.165. The number of hydrogen-bond acceptors (Lipinski definition) is 1. The van der Waals surface area contributed by atoms with E-state index in [1.807, 2.05) is 0 Å². The number of amides is 1. The van der Waals surface area contributed by atoms with E-state index < -0.39 is 6.09 Å². The molecule has 78 valence electrons. The predicted octanol–water partition coefficient (Wildman–Crippen LogP) is 2.39. The van der Waals surface area contributed by atoms with Gasteiger partial charge in [0.05, 0.1) is 5.54 Å². The van der Waals surface area contributed by atoms with Crippen molar-refractivity contribution in [2.45, 2.75) is 41.6 Å². The lowest BCUT2D eigenvalue weighted by atomic mass is 9.79. The molecule has 1 aliphatic carbocycles. The summed E-state index contributed by atoms with van der Waals surface area (Å²) in [5.74, 6) is 2.58. The SMILES string of the molecule is C#CCC1(NC(=O)O)CCCC(I)C1. The fourth-order valence-electron chi connectivity index (χ4n) is 2.03. The Morgan fingerprint density at radius 3 is 3.00 bits per heavy atom. The first kappa shape index (κ1) is 11.6. The van der Waals surface area contributed by atoms with E-state index in [2.05, 4.69) is 33.8 Å². The Morgan fingerprint density at radius 2 is 2.50 bits per heavy atom. The van der Waals surface area contributed by atoms with Crippen LogP contribution in [0.3, 0.4) is 0 Å². The Kier molecular flexibility index (Phi) is 4.05. The third-order valence-corrected chi connectivity index (χ3v) is 3.66. The smallest absolute Gasteiger partial charge is 0.405 e. The van der Waals surface area contributed by atoms with Crippen LogP contribution in [0, 0.1) is 12.3 Å². The molecule has 0 aromatic heterocycles. The first-order chi connectivity index (χ1) is 6.58. The second-order valence-corrected chi connectivity index (χ2v) is 5.55. The van der Waals surface area contributed by atoms with Gasteiger partial charge in [-0.15, -0.1) is 12.3 Å². The number of nitrogens with one attached hydrogen (secondary N) is 1. The molecule has 3 nitrogen and oxygen atoms in total. The van der Waals surface area contributed by atoms with Crippen molar-refractivity contribution in [3.05, 3.63) is 0 Å². The summed E-state index contributed by atoms with van der Waals surface area (Å²) in [6.45, 7) is 0. The largest absolute Gasteiger partial charge is 0.465 e. The van der Waals surface area contributed by atoms with E-state index in [1.165, 1.54) is 0 Å². The molecular weight excluding hydrogens is 293 g/mol. The molecule has 0 aromatic rings. The number of hydrogen-bond donors (Lipinski definition) is 2. The van der Waals surface area contributed by atoms with Crippen LogP contribution in [0.5, 0.6) is 0 Å². The van der Waals surface area contributed by atoms with Crippen LogP contribution in [-0.4, -0.2) is 20.7 Å². The summed E-state index contributed by atoms with van der Waals surface area (Å²) < 4.78 is 0.529. The second kappa shape index (κ2) is 4.87. The molecule has 0 spiro atoms. The van der Waals surface area contributed by atoms with Crippen LogP contribution in [0.2, 0.25) is 0 Å². The average Bonchev–Trinajstić information content (AvgIpc) is 2.02.